The van der Waals surface area contributed by atoms with Gasteiger partial charge in [0.15, 0.2) is 0 Å². The van der Waals surface area contributed by atoms with Gasteiger partial charge in [-0.05, 0) is 24.5 Å². The zero-order valence-electron chi connectivity index (χ0n) is 11.5. The number of amides is 2. The molecule has 0 saturated heterocycles. The summed E-state index contributed by atoms with van der Waals surface area (Å²) in [5.74, 6) is -1.01. The van der Waals surface area contributed by atoms with Gasteiger partial charge in [-0.1, -0.05) is 31.2 Å². The van der Waals surface area contributed by atoms with Crippen LogP contribution < -0.4 is 5.32 Å². The summed E-state index contributed by atoms with van der Waals surface area (Å²) in [6, 6.07) is 6.57. The van der Waals surface area contributed by atoms with E-state index >= 15 is 0 Å². The molecule has 0 unspecified atom stereocenters. The Kier molecular flexibility index (Phi) is 5.36. The Morgan fingerprint density at radius 3 is 2.53 bits per heavy atom. The second-order valence-electron chi connectivity index (χ2n) is 4.53. The molecule has 1 aromatic carbocycles. The molecule has 0 radical (unpaired) electrons. The summed E-state index contributed by atoms with van der Waals surface area (Å²) in [7, 11) is 1.65. The normalized spacial score (nSPS) is 11.7. The van der Waals surface area contributed by atoms with Gasteiger partial charge in [0, 0.05) is 13.6 Å². The van der Waals surface area contributed by atoms with Gasteiger partial charge in [-0.3, -0.25) is 0 Å². The van der Waals surface area contributed by atoms with E-state index < -0.39 is 12.0 Å². The number of hydrogen-bond acceptors (Lipinski definition) is 2. The molecule has 0 heterocycles. The number of urea groups is 1. The molecule has 2 amide bonds. The van der Waals surface area contributed by atoms with E-state index in [2.05, 4.69) is 5.32 Å². The molecule has 0 aliphatic rings. The molecule has 1 rings (SSSR count). The molecule has 2 N–H and O–H groups in total. The minimum atomic E-state index is -1.01. The fourth-order valence-corrected chi connectivity index (χ4v) is 1.71. The van der Waals surface area contributed by atoms with Crippen LogP contribution in [-0.2, 0) is 11.3 Å². The van der Waals surface area contributed by atoms with E-state index in [1.165, 1.54) is 4.90 Å². The summed E-state index contributed by atoms with van der Waals surface area (Å²) in [5, 5.41) is 11.4. The van der Waals surface area contributed by atoms with Crippen molar-refractivity contribution in [2.24, 2.45) is 0 Å². The number of aliphatic carboxylic acids is 1. The third-order valence-electron chi connectivity index (χ3n) is 3.02. The van der Waals surface area contributed by atoms with Crippen LogP contribution in [0.5, 0.6) is 0 Å². The minimum absolute atomic E-state index is 0.360. The van der Waals surface area contributed by atoms with Crippen molar-refractivity contribution in [1.29, 1.82) is 0 Å². The number of carboxylic acid groups (broad SMARTS) is 1. The Bertz CT molecular complexity index is 460. The first-order chi connectivity index (χ1) is 8.95. The number of carbonyl (C=O) groups is 2. The average Bonchev–Trinajstić information content (AvgIpc) is 2.37. The summed E-state index contributed by atoms with van der Waals surface area (Å²) in [6.07, 6.45) is 0.360. The van der Waals surface area contributed by atoms with Gasteiger partial charge in [-0.25, -0.2) is 9.59 Å². The van der Waals surface area contributed by atoms with Crippen LogP contribution in [0, 0.1) is 6.92 Å². The Morgan fingerprint density at radius 2 is 2.00 bits per heavy atom. The van der Waals surface area contributed by atoms with Crippen LogP contribution in [0.25, 0.3) is 0 Å². The topological polar surface area (TPSA) is 69.6 Å². The lowest BCUT2D eigenvalue weighted by Crippen LogP contribution is -2.46. The van der Waals surface area contributed by atoms with Crippen LogP contribution in [0.15, 0.2) is 24.3 Å². The van der Waals surface area contributed by atoms with Crippen molar-refractivity contribution in [2.45, 2.75) is 32.9 Å². The highest BCUT2D eigenvalue weighted by molar-refractivity contribution is 5.82. The summed E-state index contributed by atoms with van der Waals surface area (Å²) in [4.78, 5) is 24.2. The second kappa shape index (κ2) is 6.78. The van der Waals surface area contributed by atoms with E-state index in [1.54, 1.807) is 14.0 Å². The quantitative estimate of drug-likeness (QED) is 0.854. The van der Waals surface area contributed by atoms with E-state index in [4.69, 9.17) is 5.11 Å². The van der Waals surface area contributed by atoms with Crippen LogP contribution in [-0.4, -0.2) is 35.1 Å². The maximum Gasteiger partial charge on any atom is 0.326 e. The Hall–Kier alpha value is -2.04. The lowest BCUT2D eigenvalue weighted by atomic mass is 10.1. The number of aryl methyl sites for hydroxylation is 1. The molecule has 0 aliphatic carbocycles. The van der Waals surface area contributed by atoms with Gasteiger partial charge in [0.2, 0.25) is 0 Å². The molecule has 0 fully saturated rings. The van der Waals surface area contributed by atoms with E-state index in [9.17, 15) is 9.59 Å². The maximum absolute atomic E-state index is 11.9. The third-order valence-corrected chi connectivity index (χ3v) is 3.02. The van der Waals surface area contributed by atoms with Crippen LogP contribution in [0.4, 0.5) is 4.79 Å². The van der Waals surface area contributed by atoms with Crippen LogP contribution in [0.2, 0.25) is 0 Å². The predicted molar refractivity (Wildman–Crippen MR) is 72.9 cm³/mol. The van der Waals surface area contributed by atoms with E-state index in [1.807, 2.05) is 31.2 Å². The molecule has 5 nitrogen and oxygen atoms in total. The van der Waals surface area contributed by atoms with Crippen molar-refractivity contribution in [3.8, 4) is 0 Å². The summed E-state index contributed by atoms with van der Waals surface area (Å²) < 4.78 is 0. The molecule has 5 heteroatoms. The SMILES string of the molecule is CC[C@H](NC(=O)N(C)Cc1ccccc1C)C(=O)O. The smallest absolute Gasteiger partial charge is 0.326 e. The standard InChI is InChI=1S/C14H20N2O3/c1-4-12(13(17)18)15-14(19)16(3)9-11-8-6-5-7-10(11)2/h5-8,12H,4,9H2,1-3H3,(H,15,19)(H,17,18)/t12-/m0/s1. The fraction of sp³-hybridized carbons (Fsp3) is 0.429. The number of carboxylic acids is 1. The highest BCUT2D eigenvalue weighted by Crippen LogP contribution is 2.09. The molecular weight excluding hydrogens is 244 g/mol. The average molecular weight is 264 g/mol. The number of hydrogen-bond donors (Lipinski definition) is 2. The second-order valence-corrected chi connectivity index (χ2v) is 4.53. The Morgan fingerprint density at radius 1 is 1.37 bits per heavy atom. The van der Waals surface area contributed by atoms with Crippen molar-refractivity contribution >= 4 is 12.0 Å². The van der Waals surface area contributed by atoms with Crippen LogP contribution in [0.3, 0.4) is 0 Å². The van der Waals surface area contributed by atoms with Crippen molar-refractivity contribution in [1.82, 2.24) is 10.2 Å². The molecule has 19 heavy (non-hydrogen) atoms. The van der Waals surface area contributed by atoms with Gasteiger partial charge in [0.05, 0.1) is 0 Å². The first-order valence-corrected chi connectivity index (χ1v) is 6.24. The monoisotopic (exact) mass is 264 g/mol. The largest absolute Gasteiger partial charge is 0.480 e. The number of rotatable bonds is 5. The lowest BCUT2D eigenvalue weighted by Gasteiger charge is -2.21. The molecule has 0 aromatic heterocycles. The van der Waals surface area contributed by atoms with Crippen molar-refractivity contribution < 1.29 is 14.7 Å². The zero-order valence-corrected chi connectivity index (χ0v) is 11.5. The summed E-state index contributed by atoms with van der Waals surface area (Å²) >= 11 is 0. The maximum atomic E-state index is 11.9. The fourth-order valence-electron chi connectivity index (χ4n) is 1.71. The number of nitrogens with one attached hydrogen (secondary N) is 1. The molecular formula is C14H20N2O3. The van der Waals surface area contributed by atoms with Gasteiger partial charge in [0.1, 0.15) is 6.04 Å². The first kappa shape index (κ1) is 15.0. The summed E-state index contributed by atoms with van der Waals surface area (Å²) in [5.41, 5.74) is 2.15. The molecule has 1 atom stereocenters. The highest BCUT2D eigenvalue weighted by Gasteiger charge is 2.19. The van der Waals surface area contributed by atoms with Crippen molar-refractivity contribution in [3.63, 3.8) is 0 Å². The van der Waals surface area contributed by atoms with Gasteiger partial charge < -0.3 is 15.3 Å². The van der Waals surface area contributed by atoms with Crippen molar-refractivity contribution in [2.75, 3.05) is 7.05 Å². The molecule has 0 saturated carbocycles. The molecule has 0 spiro atoms. The number of nitrogens with zero attached hydrogens (tertiary/aromatic N) is 1. The van der Waals surface area contributed by atoms with Gasteiger partial charge in [-0.2, -0.15) is 0 Å². The summed E-state index contributed by atoms with van der Waals surface area (Å²) in [6.45, 7) is 4.15. The van der Waals surface area contributed by atoms with Gasteiger partial charge >= 0.3 is 12.0 Å². The number of carbonyl (C=O) groups excluding carboxylic acids is 1. The minimum Gasteiger partial charge on any atom is -0.480 e. The van der Waals surface area contributed by atoms with Gasteiger partial charge in [-0.15, -0.1) is 0 Å². The van der Waals surface area contributed by atoms with Crippen molar-refractivity contribution in [3.05, 3.63) is 35.4 Å². The van der Waals surface area contributed by atoms with Gasteiger partial charge in [0.25, 0.3) is 0 Å². The van der Waals surface area contributed by atoms with Crippen LogP contribution >= 0.6 is 0 Å². The highest BCUT2D eigenvalue weighted by atomic mass is 16.4. The van der Waals surface area contributed by atoms with Crippen LogP contribution in [0.1, 0.15) is 24.5 Å². The zero-order chi connectivity index (χ0) is 14.4. The Balaban J connectivity index is 2.63. The first-order valence-electron chi connectivity index (χ1n) is 6.24. The Labute approximate surface area is 113 Å². The van der Waals surface area contributed by atoms with E-state index in [0.29, 0.717) is 13.0 Å². The molecule has 1 aromatic rings. The van der Waals surface area contributed by atoms with E-state index in [-0.39, 0.29) is 6.03 Å². The predicted octanol–water partition coefficient (Wildman–Crippen LogP) is 2.00. The number of benzene rings is 1. The lowest BCUT2D eigenvalue weighted by molar-refractivity contribution is -0.139. The molecule has 0 aliphatic heterocycles. The molecule has 104 valence electrons. The van der Waals surface area contributed by atoms with E-state index in [0.717, 1.165) is 11.1 Å². The third kappa shape index (κ3) is 4.28. The molecule has 0 bridgehead atoms.